The van der Waals surface area contributed by atoms with Gasteiger partial charge in [-0.15, -0.1) is 0 Å². The molecule has 0 radical (unpaired) electrons. The molecule has 0 saturated heterocycles. The molecule has 120 valence electrons. The van der Waals surface area contributed by atoms with Crippen LogP contribution in [0.5, 0.6) is 0 Å². The van der Waals surface area contributed by atoms with Crippen molar-refractivity contribution < 1.29 is 28.6 Å². The topological polar surface area (TPSA) is 103 Å². The van der Waals surface area contributed by atoms with E-state index in [1.165, 1.54) is 19.2 Å². The van der Waals surface area contributed by atoms with Crippen molar-refractivity contribution in [1.29, 1.82) is 0 Å². The standard InChI is InChI=1S/C14H18N2O6/c1-3-21-12(17)10-4-6-11(7-5-10)16-14(19)22-9-8-15-13(18)20-2/h4-7H,3,8-9H2,1-2H3,(H,15,18)(H,16,19). The van der Waals surface area contributed by atoms with Crippen molar-refractivity contribution in [3.05, 3.63) is 29.8 Å². The lowest BCUT2D eigenvalue weighted by Gasteiger charge is -2.08. The zero-order valence-corrected chi connectivity index (χ0v) is 12.4. The van der Waals surface area contributed by atoms with Crippen LogP contribution in [-0.4, -0.2) is 45.0 Å². The van der Waals surface area contributed by atoms with E-state index in [2.05, 4.69) is 15.4 Å². The van der Waals surface area contributed by atoms with Gasteiger partial charge in [-0.3, -0.25) is 5.32 Å². The first-order valence-corrected chi connectivity index (χ1v) is 6.59. The number of carbonyl (C=O) groups is 3. The van der Waals surface area contributed by atoms with Crippen molar-refractivity contribution in [3.8, 4) is 0 Å². The van der Waals surface area contributed by atoms with Crippen LogP contribution in [0.4, 0.5) is 15.3 Å². The van der Waals surface area contributed by atoms with Crippen molar-refractivity contribution in [3.63, 3.8) is 0 Å². The van der Waals surface area contributed by atoms with Crippen LogP contribution in [0.3, 0.4) is 0 Å². The first kappa shape index (κ1) is 17.3. The number of methoxy groups -OCH3 is 1. The van der Waals surface area contributed by atoms with E-state index in [1.807, 2.05) is 0 Å². The van der Waals surface area contributed by atoms with Gasteiger partial charge in [-0.2, -0.15) is 0 Å². The van der Waals surface area contributed by atoms with Crippen LogP contribution in [-0.2, 0) is 14.2 Å². The minimum absolute atomic E-state index is 0.00183. The van der Waals surface area contributed by atoms with E-state index >= 15 is 0 Å². The Bertz CT molecular complexity index is 515. The second-order valence-electron chi connectivity index (χ2n) is 3.98. The molecule has 8 heteroatoms. The minimum atomic E-state index is -0.671. The van der Waals surface area contributed by atoms with Gasteiger partial charge in [0.05, 0.1) is 25.8 Å². The monoisotopic (exact) mass is 310 g/mol. The first-order valence-electron chi connectivity index (χ1n) is 6.59. The van der Waals surface area contributed by atoms with Gasteiger partial charge in [0.25, 0.3) is 0 Å². The highest BCUT2D eigenvalue weighted by atomic mass is 16.6. The van der Waals surface area contributed by atoms with E-state index in [-0.39, 0.29) is 13.2 Å². The normalized spacial score (nSPS) is 9.55. The average Bonchev–Trinajstić information content (AvgIpc) is 2.52. The summed E-state index contributed by atoms with van der Waals surface area (Å²) in [7, 11) is 1.24. The predicted molar refractivity (Wildman–Crippen MR) is 77.8 cm³/mol. The van der Waals surface area contributed by atoms with Crippen LogP contribution >= 0.6 is 0 Å². The zero-order valence-electron chi connectivity index (χ0n) is 12.4. The highest BCUT2D eigenvalue weighted by Gasteiger charge is 2.07. The van der Waals surface area contributed by atoms with Crippen molar-refractivity contribution in [1.82, 2.24) is 5.32 Å². The van der Waals surface area contributed by atoms with Gasteiger partial charge in [-0.25, -0.2) is 14.4 Å². The third kappa shape index (κ3) is 6.12. The zero-order chi connectivity index (χ0) is 16.4. The van der Waals surface area contributed by atoms with Crippen LogP contribution in [0.2, 0.25) is 0 Å². The molecule has 0 unspecified atom stereocenters. The van der Waals surface area contributed by atoms with Crippen LogP contribution in [0.1, 0.15) is 17.3 Å². The summed E-state index contributed by atoms with van der Waals surface area (Å²) in [6, 6.07) is 6.18. The third-order valence-electron chi connectivity index (χ3n) is 2.43. The molecule has 2 N–H and O–H groups in total. The Kier molecular flexibility index (Phi) is 7.24. The molecule has 8 nitrogen and oxygen atoms in total. The summed E-state index contributed by atoms with van der Waals surface area (Å²) in [6.45, 7) is 2.16. The molecule has 1 aromatic rings. The molecular formula is C14H18N2O6. The molecule has 2 amide bonds. The number of esters is 1. The Morgan fingerprint density at radius 2 is 1.73 bits per heavy atom. The van der Waals surface area contributed by atoms with Gasteiger partial charge < -0.3 is 19.5 Å². The summed E-state index contributed by atoms with van der Waals surface area (Å²) < 4.78 is 14.0. The second kappa shape index (κ2) is 9.22. The molecule has 0 fully saturated rings. The van der Waals surface area contributed by atoms with Gasteiger partial charge in [-0.1, -0.05) is 0 Å². The van der Waals surface area contributed by atoms with Gasteiger partial charge in [0.1, 0.15) is 6.61 Å². The summed E-state index contributed by atoms with van der Waals surface area (Å²) in [4.78, 5) is 33.7. The third-order valence-corrected chi connectivity index (χ3v) is 2.43. The predicted octanol–water partition coefficient (Wildman–Crippen LogP) is 1.77. The van der Waals surface area contributed by atoms with E-state index in [4.69, 9.17) is 9.47 Å². The number of anilines is 1. The number of nitrogens with one attached hydrogen (secondary N) is 2. The molecule has 0 aliphatic rings. The van der Waals surface area contributed by atoms with Gasteiger partial charge in [0, 0.05) is 5.69 Å². The van der Waals surface area contributed by atoms with Crippen LogP contribution in [0.25, 0.3) is 0 Å². The van der Waals surface area contributed by atoms with Crippen LogP contribution in [0.15, 0.2) is 24.3 Å². The lowest BCUT2D eigenvalue weighted by molar-refractivity contribution is 0.0526. The van der Waals surface area contributed by atoms with E-state index in [1.54, 1.807) is 19.1 Å². The molecule has 22 heavy (non-hydrogen) atoms. The molecule has 0 heterocycles. The number of amides is 2. The van der Waals surface area contributed by atoms with E-state index in [0.29, 0.717) is 17.9 Å². The fourth-order valence-corrected chi connectivity index (χ4v) is 1.43. The Balaban J connectivity index is 2.35. The van der Waals surface area contributed by atoms with Crippen molar-refractivity contribution in [2.24, 2.45) is 0 Å². The molecule has 1 aromatic carbocycles. The summed E-state index contributed by atoms with van der Waals surface area (Å²) in [5, 5.41) is 4.85. The lowest BCUT2D eigenvalue weighted by atomic mass is 10.2. The highest BCUT2D eigenvalue weighted by Crippen LogP contribution is 2.10. The summed E-state index contributed by atoms with van der Waals surface area (Å²) in [5.41, 5.74) is 0.863. The second-order valence-corrected chi connectivity index (χ2v) is 3.98. The number of carbonyl (C=O) groups excluding carboxylic acids is 3. The maximum atomic E-state index is 11.5. The van der Waals surface area contributed by atoms with Crippen molar-refractivity contribution >= 4 is 23.8 Å². The number of hydrogen-bond donors (Lipinski definition) is 2. The Hall–Kier alpha value is -2.77. The largest absolute Gasteiger partial charge is 0.462 e. The molecule has 0 aliphatic heterocycles. The minimum Gasteiger partial charge on any atom is -0.462 e. The quantitative estimate of drug-likeness (QED) is 0.471. The number of rotatable bonds is 6. The van der Waals surface area contributed by atoms with E-state index in [9.17, 15) is 14.4 Å². The van der Waals surface area contributed by atoms with Gasteiger partial charge in [0.2, 0.25) is 0 Å². The van der Waals surface area contributed by atoms with Gasteiger partial charge in [-0.05, 0) is 31.2 Å². The maximum absolute atomic E-state index is 11.5. The highest BCUT2D eigenvalue weighted by molar-refractivity contribution is 5.91. The van der Waals surface area contributed by atoms with E-state index < -0.39 is 18.2 Å². The molecule has 0 saturated carbocycles. The Morgan fingerprint density at radius 3 is 2.32 bits per heavy atom. The molecule has 1 rings (SSSR count). The van der Waals surface area contributed by atoms with Crippen LogP contribution in [0, 0.1) is 0 Å². The van der Waals surface area contributed by atoms with Crippen molar-refractivity contribution in [2.75, 3.05) is 32.2 Å². The Labute approximate surface area is 127 Å². The molecule has 0 atom stereocenters. The fourth-order valence-electron chi connectivity index (χ4n) is 1.43. The SMILES string of the molecule is CCOC(=O)c1ccc(NC(=O)OCCNC(=O)OC)cc1. The summed E-state index contributed by atoms with van der Waals surface area (Å²) in [6.07, 6.45) is -1.27. The van der Waals surface area contributed by atoms with E-state index in [0.717, 1.165) is 0 Å². The average molecular weight is 310 g/mol. The van der Waals surface area contributed by atoms with Gasteiger partial charge >= 0.3 is 18.2 Å². The number of alkyl carbamates (subject to hydrolysis) is 1. The summed E-state index contributed by atoms with van der Waals surface area (Å²) >= 11 is 0. The summed E-state index contributed by atoms with van der Waals surface area (Å²) in [5.74, 6) is -0.425. The molecule has 0 aromatic heterocycles. The molecule has 0 aliphatic carbocycles. The number of benzene rings is 1. The maximum Gasteiger partial charge on any atom is 0.411 e. The van der Waals surface area contributed by atoms with Crippen molar-refractivity contribution in [2.45, 2.75) is 6.92 Å². The molecular weight excluding hydrogens is 292 g/mol. The van der Waals surface area contributed by atoms with Gasteiger partial charge in [0.15, 0.2) is 0 Å². The fraction of sp³-hybridized carbons (Fsp3) is 0.357. The van der Waals surface area contributed by atoms with Crippen LogP contribution < -0.4 is 10.6 Å². The molecule has 0 bridgehead atoms. The lowest BCUT2D eigenvalue weighted by Crippen LogP contribution is -2.28. The Morgan fingerprint density at radius 1 is 1.05 bits per heavy atom. The number of ether oxygens (including phenoxy) is 3. The first-order chi connectivity index (χ1) is 10.6. The smallest absolute Gasteiger partial charge is 0.411 e. The molecule has 0 spiro atoms. The number of hydrogen-bond acceptors (Lipinski definition) is 6.